The third-order valence-electron chi connectivity index (χ3n) is 3.92. The van der Waals surface area contributed by atoms with Crippen LogP contribution in [-0.2, 0) is 11.2 Å². The second-order valence-corrected chi connectivity index (χ2v) is 5.69. The Balaban J connectivity index is 1.58. The Kier molecular flexibility index (Phi) is 3.92. The zero-order valence-electron chi connectivity index (χ0n) is 13.4. The summed E-state index contributed by atoms with van der Waals surface area (Å²) in [4.78, 5) is 19.8. The van der Waals surface area contributed by atoms with Crippen LogP contribution >= 0.6 is 0 Å². The minimum atomic E-state index is -0.831. The van der Waals surface area contributed by atoms with Crippen molar-refractivity contribution >= 4 is 22.6 Å². The van der Waals surface area contributed by atoms with E-state index >= 15 is 0 Å². The summed E-state index contributed by atoms with van der Waals surface area (Å²) in [5.41, 5.74) is 2.26. The van der Waals surface area contributed by atoms with Gasteiger partial charge in [0.2, 0.25) is 5.91 Å². The number of nitrogens with one attached hydrogen (secondary N) is 3. The van der Waals surface area contributed by atoms with Gasteiger partial charge in [0.1, 0.15) is 23.0 Å². The molecule has 2 aromatic carbocycles. The third kappa shape index (κ3) is 2.92. The Morgan fingerprint density at radius 2 is 1.85 bits per heavy atom. The number of rotatable bonds is 4. The first kappa shape index (κ1) is 15.9. The summed E-state index contributed by atoms with van der Waals surface area (Å²) in [5.74, 6) is -1.69. The minimum Gasteiger partial charge on any atom is -0.337 e. The van der Waals surface area contributed by atoms with Crippen molar-refractivity contribution in [2.75, 3.05) is 5.32 Å². The third-order valence-corrected chi connectivity index (χ3v) is 3.92. The molecule has 1 amide bonds. The minimum absolute atomic E-state index is 0.114. The van der Waals surface area contributed by atoms with E-state index in [-0.39, 0.29) is 6.42 Å². The van der Waals surface area contributed by atoms with Gasteiger partial charge < -0.3 is 10.3 Å². The van der Waals surface area contributed by atoms with Gasteiger partial charge in [-0.1, -0.05) is 18.2 Å². The molecule has 0 aliphatic heterocycles. The second-order valence-electron chi connectivity index (χ2n) is 5.69. The molecular formula is C18H13F2N5O. The van der Waals surface area contributed by atoms with E-state index in [9.17, 15) is 13.6 Å². The van der Waals surface area contributed by atoms with E-state index in [1.165, 1.54) is 12.3 Å². The molecule has 0 aliphatic rings. The largest absolute Gasteiger partial charge is 0.337 e. The standard InChI is InChI=1S/C18H13F2N5O/c19-11-4-3-5-12(20)17(11)24-15(26)8-10-9-21-25-16(10)18-22-13-6-1-2-7-14(13)23-18/h1-7,9H,8H2,(H,21,25)(H,22,23)(H,24,26). The average molecular weight is 353 g/mol. The highest BCUT2D eigenvalue weighted by Crippen LogP contribution is 2.23. The first-order chi connectivity index (χ1) is 12.6. The maximum absolute atomic E-state index is 13.7. The predicted molar refractivity (Wildman–Crippen MR) is 92.4 cm³/mol. The number of hydrogen-bond acceptors (Lipinski definition) is 3. The number of aromatic nitrogens is 4. The lowest BCUT2D eigenvalue weighted by Crippen LogP contribution is -2.16. The molecule has 0 saturated heterocycles. The van der Waals surface area contributed by atoms with Crippen molar-refractivity contribution in [1.82, 2.24) is 20.2 Å². The Labute approximate surface area is 146 Å². The number of fused-ring (bicyclic) bond motifs is 1. The van der Waals surface area contributed by atoms with Crippen molar-refractivity contribution in [3.05, 3.63) is 65.9 Å². The summed E-state index contributed by atoms with van der Waals surface area (Å²) in [6.45, 7) is 0. The molecule has 0 radical (unpaired) electrons. The Morgan fingerprint density at radius 3 is 2.62 bits per heavy atom. The Bertz CT molecular complexity index is 1050. The number of para-hydroxylation sites is 3. The lowest BCUT2D eigenvalue weighted by atomic mass is 10.1. The lowest BCUT2D eigenvalue weighted by Gasteiger charge is -2.07. The Morgan fingerprint density at radius 1 is 1.08 bits per heavy atom. The highest BCUT2D eigenvalue weighted by atomic mass is 19.1. The van der Waals surface area contributed by atoms with E-state index in [2.05, 4.69) is 25.5 Å². The van der Waals surface area contributed by atoms with Crippen LogP contribution < -0.4 is 5.32 Å². The first-order valence-corrected chi connectivity index (χ1v) is 7.83. The number of anilines is 1. The van der Waals surface area contributed by atoms with Gasteiger partial charge in [-0.05, 0) is 24.3 Å². The smallest absolute Gasteiger partial charge is 0.229 e. The number of halogens is 2. The van der Waals surface area contributed by atoms with Crippen LogP contribution in [0.3, 0.4) is 0 Å². The number of benzene rings is 2. The number of amides is 1. The zero-order chi connectivity index (χ0) is 18.1. The number of carbonyl (C=O) groups is 1. The molecule has 2 heterocycles. The van der Waals surface area contributed by atoms with E-state index in [0.717, 1.165) is 23.2 Å². The van der Waals surface area contributed by atoms with Crippen LogP contribution in [0.1, 0.15) is 5.56 Å². The van der Waals surface area contributed by atoms with Crippen molar-refractivity contribution in [1.29, 1.82) is 0 Å². The monoisotopic (exact) mass is 353 g/mol. The molecule has 3 N–H and O–H groups in total. The second kappa shape index (κ2) is 6.40. The van der Waals surface area contributed by atoms with Gasteiger partial charge in [0.05, 0.1) is 23.7 Å². The van der Waals surface area contributed by atoms with Gasteiger partial charge in [-0.15, -0.1) is 0 Å². The highest BCUT2D eigenvalue weighted by Gasteiger charge is 2.17. The van der Waals surface area contributed by atoms with E-state index < -0.39 is 23.2 Å². The van der Waals surface area contributed by atoms with Crippen LogP contribution in [0.5, 0.6) is 0 Å². The molecule has 0 spiro atoms. The zero-order valence-corrected chi connectivity index (χ0v) is 13.4. The van der Waals surface area contributed by atoms with Gasteiger partial charge in [-0.3, -0.25) is 9.89 Å². The molecule has 0 bridgehead atoms. The topological polar surface area (TPSA) is 86.5 Å². The summed E-state index contributed by atoms with van der Waals surface area (Å²) >= 11 is 0. The maximum atomic E-state index is 13.7. The summed E-state index contributed by atoms with van der Waals surface area (Å²) in [5, 5.41) is 9.01. The van der Waals surface area contributed by atoms with Gasteiger partial charge in [0.15, 0.2) is 5.82 Å². The average Bonchev–Trinajstić information content (AvgIpc) is 3.24. The van der Waals surface area contributed by atoms with Gasteiger partial charge in [-0.25, -0.2) is 13.8 Å². The fraction of sp³-hybridized carbons (Fsp3) is 0.0556. The number of H-pyrrole nitrogens is 2. The van der Waals surface area contributed by atoms with Gasteiger partial charge >= 0.3 is 0 Å². The van der Waals surface area contributed by atoms with Crippen LogP contribution in [-0.4, -0.2) is 26.1 Å². The molecule has 8 heteroatoms. The van der Waals surface area contributed by atoms with Crippen molar-refractivity contribution in [2.24, 2.45) is 0 Å². The molecule has 4 rings (SSSR count). The molecule has 6 nitrogen and oxygen atoms in total. The van der Waals surface area contributed by atoms with Crippen LogP contribution in [0.4, 0.5) is 14.5 Å². The number of aromatic amines is 2. The summed E-state index contributed by atoms with van der Waals surface area (Å²) in [6.07, 6.45) is 1.37. The van der Waals surface area contributed by atoms with Gasteiger partial charge in [-0.2, -0.15) is 5.10 Å². The van der Waals surface area contributed by atoms with Crippen molar-refractivity contribution in [3.63, 3.8) is 0 Å². The number of carbonyl (C=O) groups excluding carboxylic acids is 1. The van der Waals surface area contributed by atoms with E-state index in [0.29, 0.717) is 17.1 Å². The molecule has 0 atom stereocenters. The molecular weight excluding hydrogens is 340 g/mol. The fourth-order valence-electron chi connectivity index (χ4n) is 2.70. The highest BCUT2D eigenvalue weighted by molar-refractivity contribution is 5.93. The lowest BCUT2D eigenvalue weighted by molar-refractivity contribution is -0.115. The van der Waals surface area contributed by atoms with E-state index in [4.69, 9.17) is 0 Å². The molecule has 2 aromatic heterocycles. The van der Waals surface area contributed by atoms with Gasteiger partial charge in [0, 0.05) is 5.56 Å². The molecule has 26 heavy (non-hydrogen) atoms. The molecule has 130 valence electrons. The van der Waals surface area contributed by atoms with Crippen molar-refractivity contribution in [3.8, 4) is 11.5 Å². The number of nitrogens with zero attached hydrogens (tertiary/aromatic N) is 2. The number of hydrogen-bond donors (Lipinski definition) is 3. The molecule has 0 aliphatic carbocycles. The summed E-state index contributed by atoms with van der Waals surface area (Å²) < 4.78 is 27.3. The first-order valence-electron chi connectivity index (χ1n) is 7.83. The quantitative estimate of drug-likeness (QED) is 0.525. The van der Waals surface area contributed by atoms with E-state index in [1.54, 1.807) is 0 Å². The maximum Gasteiger partial charge on any atom is 0.229 e. The fourth-order valence-corrected chi connectivity index (χ4v) is 2.70. The molecule has 0 unspecified atom stereocenters. The predicted octanol–water partition coefficient (Wildman–Crippen LogP) is 3.41. The summed E-state index contributed by atoms with van der Waals surface area (Å²) in [6, 6.07) is 10.9. The molecule has 0 saturated carbocycles. The molecule has 4 aromatic rings. The number of imidazole rings is 1. The van der Waals surface area contributed by atoms with Crippen molar-refractivity contribution in [2.45, 2.75) is 6.42 Å². The normalized spacial score (nSPS) is 11.0. The van der Waals surface area contributed by atoms with Crippen LogP contribution in [0.2, 0.25) is 0 Å². The van der Waals surface area contributed by atoms with Crippen LogP contribution in [0, 0.1) is 11.6 Å². The van der Waals surface area contributed by atoms with Gasteiger partial charge in [0.25, 0.3) is 0 Å². The Hall–Kier alpha value is -3.55. The van der Waals surface area contributed by atoms with Crippen LogP contribution in [0.15, 0.2) is 48.7 Å². The SMILES string of the molecule is O=C(Cc1cn[nH]c1-c1nc2ccccc2[nH]1)Nc1c(F)cccc1F. The summed E-state index contributed by atoms with van der Waals surface area (Å²) in [7, 11) is 0. The van der Waals surface area contributed by atoms with Crippen molar-refractivity contribution < 1.29 is 13.6 Å². The van der Waals surface area contributed by atoms with Crippen LogP contribution in [0.25, 0.3) is 22.6 Å². The molecule has 0 fully saturated rings. The van der Waals surface area contributed by atoms with E-state index in [1.807, 2.05) is 24.3 Å².